The Balaban J connectivity index is 2.39. The fourth-order valence-corrected chi connectivity index (χ4v) is 2.50. The summed E-state index contributed by atoms with van der Waals surface area (Å²) in [7, 11) is 1.92. The Morgan fingerprint density at radius 3 is 2.29 bits per heavy atom. The maximum atomic E-state index is 13.4. The van der Waals surface area contributed by atoms with Gasteiger partial charge in [-0.1, -0.05) is 0 Å². The minimum absolute atomic E-state index is 0.133. The van der Waals surface area contributed by atoms with Crippen molar-refractivity contribution in [3.63, 3.8) is 0 Å². The first-order valence-electron chi connectivity index (χ1n) is 6.53. The Kier molecular flexibility index (Phi) is 4.22. The van der Waals surface area contributed by atoms with Gasteiger partial charge in [0.25, 0.3) is 5.91 Å². The third kappa shape index (κ3) is 3.02. The van der Waals surface area contributed by atoms with Crippen LogP contribution in [0.5, 0.6) is 0 Å². The minimum atomic E-state index is -1.46. The molecule has 5 nitrogen and oxygen atoms in total. The number of piperazine rings is 1. The lowest BCUT2D eigenvalue weighted by molar-refractivity contribution is 0.0522. The number of hydrogen-bond acceptors (Lipinski definition) is 3. The number of carbonyl (C=O) groups is 2. The Labute approximate surface area is 120 Å². The van der Waals surface area contributed by atoms with Gasteiger partial charge in [0.05, 0.1) is 11.1 Å². The summed E-state index contributed by atoms with van der Waals surface area (Å²) < 4.78 is 26.5. The van der Waals surface area contributed by atoms with Crippen LogP contribution in [0.15, 0.2) is 12.1 Å². The van der Waals surface area contributed by atoms with E-state index < -0.39 is 29.1 Å². The molecule has 0 spiro atoms. The molecule has 114 valence electrons. The minimum Gasteiger partial charge on any atom is -0.478 e. The fourth-order valence-electron chi connectivity index (χ4n) is 2.50. The van der Waals surface area contributed by atoms with Crippen molar-refractivity contribution in [1.82, 2.24) is 9.80 Å². The maximum Gasteiger partial charge on any atom is 0.336 e. The van der Waals surface area contributed by atoms with Crippen LogP contribution in [0.25, 0.3) is 0 Å². The summed E-state index contributed by atoms with van der Waals surface area (Å²) in [5.41, 5.74) is -0.845. The van der Waals surface area contributed by atoms with E-state index in [-0.39, 0.29) is 11.6 Å². The smallest absolute Gasteiger partial charge is 0.336 e. The van der Waals surface area contributed by atoms with Crippen LogP contribution in [0.4, 0.5) is 8.78 Å². The van der Waals surface area contributed by atoms with Crippen molar-refractivity contribution >= 4 is 11.9 Å². The second-order valence-corrected chi connectivity index (χ2v) is 5.23. The van der Waals surface area contributed by atoms with Gasteiger partial charge in [-0.2, -0.15) is 0 Å². The van der Waals surface area contributed by atoms with Crippen molar-refractivity contribution in [2.45, 2.75) is 13.0 Å². The van der Waals surface area contributed by atoms with Crippen LogP contribution in [0, 0.1) is 11.6 Å². The van der Waals surface area contributed by atoms with Crippen molar-refractivity contribution in [3.8, 4) is 0 Å². The highest BCUT2D eigenvalue weighted by Gasteiger charge is 2.30. The van der Waals surface area contributed by atoms with Crippen molar-refractivity contribution in [2.24, 2.45) is 0 Å². The van der Waals surface area contributed by atoms with E-state index >= 15 is 0 Å². The number of carbonyl (C=O) groups excluding carboxylic acids is 1. The summed E-state index contributed by atoms with van der Waals surface area (Å²) >= 11 is 0. The summed E-state index contributed by atoms with van der Waals surface area (Å²) in [5.74, 6) is -4.56. The third-order valence-corrected chi connectivity index (χ3v) is 3.61. The monoisotopic (exact) mass is 298 g/mol. The zero-order valence-corrected chi connectivity index (χ0v) is 11.8. The average molecular weight is 298 g/mol. The van der Waals surface area contributed by atoms with E-state index in [1.807, 2.05) is 18.9 Å². The quantitative estimate of drug-likeness (QED) is 0.897. The molecule has 1 heterocycles. The van der Waals surface area contributed by atoms with Gasteiger partial charge < -0.3 is 14.9 Å². The standard InChI is InChI=1S/C14H16F2N2O3/c1-8-7-17(2)3-4-18(8)13(19)9-5-11(15)12(16)6-10(9)14(20)21/h5-6,8H,3-4,7H2,1-2H3,(H,20,21). The van der Waals surface area contributed by atoms with Crippen molar-refractivity contribution < 1.29 is 23.5 Å². The summed E-state index contributed by atoms with van der Waals surface area (Å²) in [6, 6.07) is 1.07. The van der Waals surface area contributed by atoms with Gasteiger partial charge in [-0.15, -0.1) is 0 Å². The molecule has 0 saturated carbocycles. The lowest BCUT2D eigenvalue weighted by atomic mass is 10.0. The third-order valence-electron chi connectivity index (χ3n) is 3.61. The van der Waals surface area contributed by atoms with Crippen LogP contribution in [0.1, 0.15) is 27.6 Å². The van der Waals surface area contributed by atoms with E-state index in [1.165, 1.54) is 4.90 Å². The molecule has 1 amide bonds. The molecule has 21 heavy (non-hydrogen) atoms. The van der Waals surface area contributed by atoms with Gasteiger partial charge in [-0.25, -0.2) is 13.6 Å². The highest BCUT2D eigenvalue weighted by molar-refractivity contribution is 6.05. The van der Waals surface area contributed by atoms with Gasteiger partial charge in [-0.3, -0.25) is 4.79 Å². The number of benzene rings is 1. The molecule has 1 aromatic carbocycles. The van der Waals surface area contributed by atoms with Crippen LogP contribution in [0.3, 0.4) is 0 Å². The number of hydrogen-bond donors (Lipinski definition) is 1. The largest absolute Gasteiger partial charge is 0.478 e. The Bertz CT molecular complexity index is 592. The Morgan fingerprint density at radius 2 is 1.76 bits per heavy atom. The molecule has 0 bridgehead atoms. The van der Waals surface area contributed by atoms with Crippen molar-refractivity contribution in [2.75, 3.05) is 26.7 Å². The second-order valence-electron chi connectivity index (χ2n) is 5.23. The van der Waals surface area contributed by atoms with Crippen LogP contribution in [-0.4, -0.2) is 59.5 Å². The first-order chi connectivity index (χ1) is 9.81. The van der Waals surface area contributed by atoms with Crippen LogP contribution >= 0.6 is 0 Å². The SMILES string of the molecule is CC1CN(C)CCN1C(=O)c1cc(F)c(F)cc1C(=O)O. The highest BCUT2D eigenvalue weighted by atomic mass is 19.2. The zero-order chi connectivity index (χ0) is 15.7. The van der Waals surface area contributed by atoms with Gasteiger partial charge in [-0.05, 0) is 26.1 Å². The molecule has 0 aromatic heterocycles. The summed E-state index contributed by atoms with van der Waals surface area (Å²) in [6.45, 7) is 3.52. The number of carboxylic acid groups (broad SMARTS) is 1. The van der Waals surface area contributed by atoms with Gasteiger partial charge in [0, 0.05) is 25.7 Å². The lowest BCUT2D eigenvalue weighted by Crippen LogP contribution is -2.52. The molecule has 1 aromatic rings. The average Bonchev–Trinajstić information content (AvgIpc) is 2.40. The molecule has 0 aliphatic carbocycles. The molecule has 0 radical (unpaired) electrons. The van der Waals surface area contributed by atoms with Crippen LogP contribution < -0.4 is 0 Å². The van der Waals surface area contributed by atoms with Gasteiger partial charge in [0.15, 0.2) is 11.6 Å². The summed E-state index contributed by atoms with van der Waals surface area (Å²) in [6.07, 6.45) is 0. The predicted octanol–water partition coefficient (Wildman–Crippen LogP) is 1.44. The first kappa shape index (κ1) is 15.4. The lowest BCUT2D eigenvalue weighted by Gasteiger charge is -2.38. The molecular formula is C14H16F2N2O3. The molecule has 1 saturated heterocycles. The number of carboxylic acids is 1. The molecule has 2 rings (SSSR count). The molecule has 1 atom stereocenters. The van der Waals surface area contributed by atoms with Crippen molar-refractivity contribution in [3.05, 3.63) is 34.9 Å². The van der Waals surface area contributed by atoms with E-state index in [4.69, 9.17) is 5.11 Å². The topological polar surface area (TPSA) is 60.9 Å². The normalized spacial score (nSPS) is 19.6. The van der Waals surface area contributed by atoms with Gasteiger partial charge >= 0.3 is 5.97 Å². The van der Waals surface area contributed by atoms with E-state index in [0.29, 0.717) is 31.8 Å². The molecule has 1 aliphatic heterocycles. The summed E-state index contributed by atoms with van der Waals surface area (Å²) in [5, 5.41) is 9.07. The highest BCUT2D eigenvalue weighted by Crippen LogP contribution is 2.20. The van der Waals surface area contributed by atoms with E-state index in [0.717, 1.165) is 0 Å². The molecule has 1 fully saturated rings. The van der Waals surface area contributed by atoms with Crippen LogP contribution in [0.2, 0.25) is 0 Å². The number of nitrogens with zero attached hydrogens (tertiary/aromatic N) is 2. The Morgan fingerprint density at radius 1 is 1.19 bits per heavy atom. The van der Waals surface area contributed by atoms with Crippen molar-refractivity contribution in [1.29, 1.82) is 0 Å². The van der Waals surface area contributed by atoms with E-state index in [2.05, 4.69) is 0 Å². The number of likely N-dealkylation sites (N-methyl/N-ethyl adjacent to an activating group) is 1. The predicted molar refractivity (Wildman–Crippen MR) is 71.3 cm³/mol. The molecule has 1 unspecified atom stereocenters. The fraction of sp³-hybridized carbons (Fsp3) is 0.429. The van der Waals surface area contributed by atoms with Crippen LogP contribution in [-0.2, 0) is 0 Å². The maximum absolute atomic E-state index is 13.4. The zero-order valence-electron chi connectivity index (χ0n) is 11.8. The number of aromatic carboxylic acids is 1. The number of amides is 1. The molecular weight excluding hydrogens is 282 g/mol. The second kappa shape index (κ2) is 5.77. The molecule has 7 heteroatoms. The molecule has 1 aliphatic rings. The first-order valence-corrected chi connectivity index (χ1v) is 6.53. The van der Waals surface area contributed by atoms with E-state index in [1.54, 1.807) is 0 Å². The van der Waals surface area contributed by atoms with Gasteiger partial charge in [0.2, 0.25) is 0 Å². The van der Waals surface area contributed by atoms with Gasteiger partial charge in [0.1, 0.15) is 0 Å². The number of rotatable bonds is 2. The Hall–Kier alpha value is -2.02. The number of halogens is 2. The molecule has 1 N–H and O–H groups in total. The summed E-state index contributed by atoms with van der Waals surface area (Å²) in [4.78, 5) is 27.1. The van der Waals surface area contributed by atoms with E-state index in [9.17, 15) is 18.4 Å².